The summed E-state index contributed by atoms with van der Waals surface area (Å²) in [5.74, 6) is 0. The van der Waals surface area contributed by atoms with Crippen LogP contribution in [0.3, 0.4) is 0 Å². The van der Waals surface area contributed by atoms with E-state index in [1.807, 2.05) is 6.07 Å². The standard InChI is InChI=1S/C13H20N2O3S/c1-18-8-7-15(12-5-6-12)19(16,17)13-4-2-3-11(9-13)10-14/h2-4,9,12H,5-8,10,14H2,1H3. The van der Waals surface area contributed by atoms with Gasteiger partial charge in [0.2, 0.25) is 10.0 Å². The van der Waals surface area contributed by atoms with Gasteiger partial charge < -0.3 is 10.5 Å². The Hall–Kier alpha value is -0.950. The van der Waals surface area contributed by atoms with Gasteiger partial charge in [-0.15, -0.1) is 0 Å². The molecular formula is C13H20N2O3S. The molecule has 19 heavy (non-hydrogen) atoms. The minimum absolute atomic E-state index is 0.127. The summed E-state index contributed by atoms with van der Waals surface area (Å²) in [6.07, 6.45) is 1.86. The SMILES string of the molecule is COCCN(C1CC1)S(=O)(=O)c1cccc(CN)c1. The number of ether oxygens (including phenoxy) is 1. The van der Waals surface area contributed by atoms with Crippen LogP contribution in [0.4, 0.5) is 0 Å². The smallest absolute Gasteiger partial charge is 0.243 e. The molecule has 0 spiro atoms. The summed E-state index contributed by atoms with van der Waals surface area (Å²) < 4.78 is 31.8. The molecule has 1 saturated carbocycles. The Labute approximate surface area is 114 Å². The van der Waals surface area contributed by atoms with E-state index in [2.05, 4.69) is 0 Å². The zero-order valence-electron chi connectivity index (χ0n) is 11.1. The Balaban J connectivity index is 2.27. The summed E-state index contributed by atoms with van der Waals surface area (Å²) in [6.45, 7) is 1.15. The van der Waals surface area contributed by atoms with E-state index in [9.17, 15) is 8.42 Å². The number of hydrogen-bond donors (Lipinski definition) is 1. The second-order valence-electron chi connectivity index (χ2n) is 4.69. The van der Waals surface area contributed by atoms with Crippen LogP contribution in [0.25, 0.3) is 0 Å². The van der Waals surface area contributed by atoms with Crippen LogP contribution in [0.5, 0.6) is 0 Å². The van der Waals surface area contributed by atoms with E-state index < -0.39 is 10.0 Å². The highest BCUT2D eigenvalue weighted by Gasteiger charge is 2.37. The molecule has 2 rings (SSSR count). The van der Waals surface area contributed by atoms with Gasteiger partial charge in [-0.2, -0.15) is 4.31 Å². The molecule has 6 heteroatoms. The first-order valence-electron chi connectivity index (χ1n) is 6.39. The molecule has 0 aliphatic heterocycles. The number of nitrogens with zero attached hydrogens (tertiary/aromatic N) is 1. The molecule has 0 atom stereocenters. The molecule has 0 bridgehead atoms. The molecule has 1 aromatic carbocycles. The Morgan fingerprint density at radius 3 is 2.74 bits per heavy atom. The van der Waals surface area contributed by atoms with Gasteiger partial charge in [-0.3, -0.25) is 0 Å². The van der Waals surface area contributed by atoms with Crippen LogP contribution < -0.4 is 5.73 Å². The minimum atomic E-state index is -3.44. The first-order chi connectivity index (χ1) is 9.09. The first kappa shape index (κ1) is 14.5. The van der Waals surface area contributed by atoms with Gasteiger partial charge in [-0.05, 0) is 30.5 Å². The van der Waals surface area contributed by atoms with E-state index >= 15 is 0 Å². The normalized spacial score (nSPS) is 15.9. The summed E-state index contributed by atoms with van der Waals surface area (Å²) in [4.78, 5) is 0.318. The van der Waals surface area contributed by atoms with Crippen LogP contribution in [0, 0.1) is 0 Å². The number of hydrogen-bond acceptors (Lipinski definition) is 4. The van der Waals surface area contributed by atoms with E-state index in [4.69, 9.17) is 10.5 Å². The Morgan fingerprint density at radius 2 is 2.16 bits per heavy atom. The van der Waals surface area contributed by atoms with Crippen molar-refractivity contribution in [1.82, 2.24) is 4.31 Å². The van der Waals surface area contributed by atoms with Crippen molar-refractivity contribution in [2.24, 2.45) is 5.73 Å². The Bertz CT molecular complexity index is 526. The number of benzene rings is 1. The third-order valence-corrected chi connectivity index (χ3v) is 5.16. The lowest BCUT2D eigenvalue weighted by atomic mass is 10.2. The first-order valence-corrected chi connectivity index (χ1v) is 7.83. The lowest BCUT2D eigenvalue weighted by Crippen LogP contribution is -2.35. The maximum absolute atomic E-state index is 12.6. The molecule has 0 aromatic heterocycles. The maximum Gasteiger partial charge on any atom is 0.243 e. The molecule has 0 saturated heterocycles. The topological polar surface area (TPSA) is 72.6 Å². The van der Waals surface area contributed by atoms with Gasteiger partial charge in [0.1, 0.15) is 0 Å². The predicted octanol–water partition coefficient (Wildman–Crippen LogP) is 0.945. The molecule has 0 unspecified atom stereocenters. The van der Waals surface area contributed by atoms with Gasteiger partial charge in [0.25, 0.3) is 0 Å². The van der Waals surface area contributed by atoms with Gasteiger partial charge in [0, 0.05) is 26.2 Å². The quantitative estimate of drug-likeness (QED) is 0.809. The Morgan fingerprint density at radius 1 is 1.42 bits per heavy atom. The van der Waals surface area contributed by atoms with Crippen LogP contribution in [-0.2, 0) is 21.3 Å². The third kappa shape index (κ3) is 3.33. The van der Waals surface area contributed by atoms with Crippen LogP contribution in [-0.4, -0.2) is 39.0 Å². The fraction of sp³-hybridized carbons (Fsp3) is 0.538. The van der Waals surface area contributed by atoms with Gasteiger partial charge in [0.05, 0.1) is 11.5 Å². The molecule has 1 fully saturated rings. The van der Waals surface area contributed by atoms with E-state index in [0.29, 0.717) is 24.6 Å². The second-order valence-corrected chi connectivity index (χ2v) is 6.58. The van der Waals surface area contributed by atoms with Crippen molar-refractivity contribution in [3.8, 4) is 0 Å². The van der Waals surface area contributed by atoms with Crippen molar-refractivity contribution in [3.63, 3.8) is 0 Å². The van der Waals surface area contributed by atoms with E-state index in [1.165, 1.54) is 0 Å². The van der Waals surface area contributed by atoms with Crippen molar-refractivity contribution < 1.29 is 13.2 Å². The monoisotopic (exact) mass is 284 g/mol. The third-order valence-electron chi connectivity index (χ3n) is 3.21. The minimum Gasteiger partial charge on any atom is -0.383 e. The second kappa shape index (κ2) is 6.00. The van der Waals surface area contributed by atoms with Crippen molar-refractivity contribution >= 4 is 10.0 Å². The van der Waals surface area contributed by atoms with Crippen molar-refractivity contribution in [1.29, 1.82) is 0 Å². The molecule has 0 radical (unpaired) electrons. The molecule has 106 valence electrons. The van der Waals surface area contributed by atoms with Gasteiger partial charge in [-0.25, -0.2) is 8.42 Å². The maximum atomic E-state index is 12.6. The number of nitrogens with two attached hydrogens (primary N) is 1. The van der Waals surface area contributed by atoms with Crippen LogP contribution in [0.2, 0.25) is 0 Å². The van der Waals surface area contributed by atoms with Crippen molar-refractivity contribution in [2.75, 3.05) is 20.3 Å². The van der Waals surface area contributed by atoms with Crippen LogP contribution in [0.1, 0.15) is 18.4 Å². The zero-order chi connectivity index (χ0) is 13.9. The molecule has 1 aliphatic carbocycles. The molecule has 5 nitrogen and oxygen atoms in total. The van der Waals surface area contributed by atoms with Crippen LogP contribution >= 0.6 is 0 Å². The summed E-state index contributed by atoms with van der Waals surface area (Å²) in [5, 5.41) is 0. The summed E-state index contributed by atoms with van der Waals surface area (Å²) in [5.41, 5.74) is 6.38. The van der Waals surface area contributed by atoms with Gasteiger partial charge >= 0.3 is 0 Å². The van der Waals surface area contributed by atoms with E-state index in [1.54, 1.807) is 29.6 Å². The summed E-state index contributed by atoms with van der Waals surface area (Å²) in [6, 6.07) is 6.96. The predicted molar refractivity (Wildman–Crippen MR) is 73.1 cm³/mol. The number of methoxy groups -OCH3 is 1. The number of sulfonamides is 1. The largest absolute Gasteiger partial charge is 0.383 e. The van der Waals surface area contributed by atoms with Crippen LogP contribution in [0.15, 0.2) is 29.2 Å². The van der Waals surface area contributed by atoms with Crippen molar-refractivity contribution in [3.05, 3.63) is 29.8 Å². The highest BCUT2D eigenvalue weighted by molar-refractivity contribution is 7.89. The summed E-state index contributed by atoms with van der Waals surface area (Å²) in [7, 11) is -1.87. The molecule has 1 aromatic rings. The number of rotatable bonds is 7. The fourth-order valence-corrected chi connectivity index (χ4v) is 3.75. The molecule has 1 aliphatic rings. The highest BCUT2D eigenvalue weighted by atomic mass is 32.2. The zero-order valence-corrected chi connectivity index (χ0v) is 11.9. The molecule has 0 heterocycles. The van der Waals surface area contributed by atoms with Gasteiger partial charge in [-0.1, -0.05) is 12.1 Å². The van der Waals surface area contributed by atoms with Gasteiger partial charge in [0.15, 0.2) is 0 Å². The van der Waals surface area contributed by atoms with E-state index in [0.717, 1.165) is 18.4 Å². The molecular weight excluding hydrogens is 264 g/mol. The summed E-state index contributed by atoms with van der Waals surface area (Å²) >= 11 is 0. The lowest BCUT2D eigenvalue weighted by Gasteiger charge is -2.21. The molecule has 2 N–H and O–H groups in total. The average molecular weight is 284 g/mol. The average Bonchev–Trinajstić information content (AvgIpc) is 3.23. The highest BCUT2D eigenvalue weighted by Crippen LogP contribution is 2.31. The fourth-order valence-electron chi connectivity index (χ4n) is 2.01. The lowest BCUT2D eigenvalue weighted by molar-refractivity contribution is 0.177. The Kier molecular flexibility index (Phi) is 4.57. The van der Waals surface area contributed by atoms with E-state index in [-0.39, 0.29) is 6.04 Å². The molecule has 0 amide bonds. The van der Waals surface area contributed by atoms with Crippen molar-refractivity contribution in [2.45, 2.75) is 30.3 Å².